The summed E-state index contributed by atoms with van der Waals surface area (Å²) in [6, 6.07) is 7.32. The van der Waals surface area contributed by atoms with Crippen molar-refractivity contribution in [1.82, 2.24) is 19.3 Å². The monoisotopic (exact) mass is 338 g/mol. The van der Waals surface area contributed by atoms with Gasteiger partial charge < -0.3 is 5.11 Å². The van der Waals surface area contributed by atoms with Crippen LogP contribution in [0.4, 0.5) is 13.2 Å². The molecule has 1 N–H and O–H groups in total. The predicted molar refractivity (Wildman–Crippen MR) is 79.9 cm³/mol. The molecule has 1 atom stereocenters. The third kappa shape index (κ3) is 2.90. The van der Waals surface area contributed by atoms with Crippen LogP contribution in [0.5, 0.6) is 0 Å². The maximum Gasteiger partial charge on any atom is 0.416 e. The number of aliphatic hydroxyl groups excluding tert-OH is 1. The fourth-order valence-corrected chi connectivity index (χ4v) is 2.24. The Balaban J connectivity index is 2.03. The molecule has 6 nitrogen and oxygen atoms in total. The summed E-state index contributed by atoms with van der Waals surface area (Å²) in [6.45, 7) is 1.01. The number of alkyl halides is 3. The van der Waals surface area contributed by atoms with Crippen LogP contribution >= 0.6 is 0 Å². The third-order valence-corrected chi connectivity index (χ3v) is 3.58. The van der Waals surface area contributed by atoms with Crippen molar-refractivity contribution in [3.8, 4) is 5.69 Å². The van der Waals surface area contributed by atoms with Gasteiger partial charge in [0.25, 0.3) is 5.56 Å². The van der Waals surface area contributed by atoms with Gasteiger partial charge in [-0.05, 0) is 19.1 Å². The lowest BCUT2D eigenvalue weighted by Crippen LogP contribution is -2.36. The Bertz CT molecular complexity index is 929. The zero-order chi connectivity index (χ0) is 17.5. The smallest absolute Gasteiger partial charge is 0.382 e. The van der Waals surface area contributed by atoms with E-state index in [-0.39, 0.29) is 11.0 Å². The number of benzene rings is 1. The number of aryl methyl sites for hydroxylation is 1. The SMILES string of the molecule is Cc1ccc(-n2ncc3c(=O)n(C[C@H](O)C(F)(F)F)cnc32)cc1. The van der Waals surface area contributed by atoms with Crippen molar-refractivity contribution in [2.24, 2.45) is 0 Å². The van der Waals surface area contributed by atoms with Crippen molar-refractivity contribution in [2.75, 3.05) is 0 Å². The maximum atomic E-state index is 12.4. The number of aromatic nitrogens is 4. The van der Waals surface area contributed by atoms with Gasteiger partial charge in [-0.15, -0.1) is 0 Å². The molecule has 0 amide bonds. The average molecular weight is 338 g/mol. The van der Waals surface area contributed by atoms with Gasteiger partial charge in [0.1, 0.15) is 11.7 Å². The number of nitrogens with zero attached hydrogens (tertiary/aromatic N) is 4. The molecule has 0 spiro atoms. The molecular formula is C15H13F3N4O2. The first kappa shape index (κ1) is 16.2. The zero-order valence-corrected chi connectivity index (χ0v) is 12.5. The second-order valence-corrected chi connectivity index (χ2v) is 5.39. The first-order valence-corrected chi connectivity index (χ1v) is 7.02. The minimum Gasteiger partial charge on any atom is -0.382 e. The van der Waals surface area contributed by atoms with Crippen LogP contribution in [0, 0.1) is 6.92 Å². The molecule has 0 radical (unpaired) electrons. The molecule has 0 unspecified atom stereocenters. The lowest BCUT2D eigenvalue weighted by Gasteiger charge is -2.15. The highest BCUT2D eigenvalue weighted by Gasteiger charge is 2.38. The van der Waals surface area contributed by atoms with Gasteiger partial charge in [0.05, 0.1) is 18.4 Å². The van der Waals surface area contributed by atoms with Crippen LogP contribution in [-0.2, 0) is 6.54 Å². The van der Waals surface area contributed by atoms with Crippen molar-refractivity contribution < 1.29 is 18.3 Å². The summed E-state index contributed by atoms with van der Waals surface area (Å²) in [6.07, 6.45) is -5.21. The van der Waals surface area contributed by atoms with Gasteiger partial charge in [0.2, 0.25) is 0 Å². The van der Waals surface area contributed by atoms with Gasteiger partial charge in [-0.25, -0.2) is 9.67 Å². The summed E-state index contributed by atoms with van der Waals surface area (Å²) in [7, 11) is 0. The molecule has 24 heavy (non-hydrogen) atoms. The second kappa shape index (κ2) is 5.75. The number of rotatable bonds is 3. The Hall–Kier alpha value is -2.68. The van der Waals surface area contributed by atoms with E-state index in [1.165, 1.54) is 10.9 Å². The van der Waals surface area contributed by atoms with E-state index in [1.807, 2.05) is 19.1 Å². The van der Waals surface area contributed by atoms with Gasteiger partial charge in [0.15, 0.2) is 11.8 Å². The molecule has 9 heteroatoms. The van der Waals surface area contributed by atoms with E-state index in [2.05, 4.69) is 10.1 Å². The van der Waals surface area contributed by atoms with Gasteiger partial charge >= 0.3 is 6.18 Å². The molecular weight excluding hydrogens is 325 g/mol. The summed E-state index contributed by atoms with van der Waals surface area (Å²) in [5.74, 6) is 0. The highest BCUT2D eigenvalue weighted by atomic mass is 19.4. The van der Waals surface area contributed by atoms with Crippen LogP contribution in [0.15, 0.2) is 41.6 Å². The van der Waals surface area contributed by atoms with E-state index >= 15 is 0 Å². The Kier molecular flexibility index (Phi) is 3.88. The Morgan fingerprint density at radius 2 is 1.92 bits per heavy atom. The number of hydrogen-bond acceptors (Lipinski definition) is 4. The van der Waals surface area contributed by atoms with E-state index in [9.17, 15) is 18.0 Å². The minimum atomic E-state index is -4.81. The van der Waals surface area contributed by atoms with Crippen molar-refractivity contribution in [3.05, 3.63) is 52.7 Å². The van der Waals surface area contributed by atoms with Gasteiger partial charge in [-0.2, -0.15) is 18.3 Å². The van der Waals surface area contributed by atoms with Crippen molar-refractivity contribution in [2.45, 2.75) is 25.7 Å². The molecule has 0 fully saturated rings. The number of hydrogen-bond donors (Lipinski definition) is 1. The second-order valence-electron chi connectivity index (χ2n) is 5.39. The molecule has 2 aromatic heterocycles. The van der Waals surface area contributed by atoms with Crippen molar-refractivity contribution in [1.29, 1.82) is 0 Å². The normalized spacial score (nSPS) is 13.4. The molecule has 0 saturated heterocycles. The summed E-state index contributed by atoms with van der Waals surface area (Å²) < 4.78 is 39.5. The van der Waals surface area contributed by atoms with E-state index in [4.69, 9.17) is 5.11 Å². The number of halogens is 3. The third-order valence-electron chi connectivity index (χ3n) is 3.58. The lowest BCUT2D eigenvalue weighted by molar-refractivity contribution is -0.207. The van der Waals surface area contributed by atoms with Crippen LogP contribution < -0.4 is 5.56 Å². The van der Waals surface area contributed by atoms with Crippen LogP contribution in [-0.4, -0.2) is 36.7 Å². The molecule has 2 heterocycles. The van der Waals surface area contributed by atoms with E-state index < -0.39 is 24.4 Å². The molecule has 0 saturated carbocycles. The van der Waals surface area contributed by atoms with Crippen LogP contribution in [0.25, 0.3) is 16.7 Å². The molecule has 0 bridgehead atoms. The molecule has 3 rings (SSSR count). The molecule has 0 aliphatic carbocycles. The Morgan fingerprint density at radius 3 is 2.54 bits per heavy atom. The summed E-state index contributed by atoms with van der Waals surface area (Å²) in [5, 5.41) is 13.3. The summed E-state index contributed by atoms with van der Waals surface area (Å²) >= 11 is 0. The Labute approximate surface area is 133 Å². The summed E-state index contributed by atoms with van der Waals surface area (Å²) in [5.41, 5.74) is 1.27. The lowest BCUT2D eigenvalue weighted by atomic mass is 10.2. The number of aliphatic hydroxyl groups is 1. The largest absolute Gasteiger partial charge is 0.416 e. The first-order valence-electron chi connectivity index (χ1n) is 7.02. The quantitative estimate of drug-likeness (QED) is 0.791. The summed E-state index contributed by atoms with van der Waals surface area (Å²) in [4.78, 5) is 16.3. The maximum absolute atomic E-state index is 12.4. The first-order chi connectivity index (χ1) is 11.3. The minimum absolute atomic E-state index is 0.0763. The van der Waals surface area contributed by atoms with Crippen molar-refractivity contribution in [3.63, 3.8) is 0 Å². The van der Waals surface area contributed by atoms with Gasteiger partial charge in [0, 0.05) is 0 Å². The standard InChI is InChI=1S/C15H13F3N4O2/c1-9-2-4-10(5-3-9)22-13-11(6-20-22)14(24)21(8-19-13)7-12(23)15(16,17)18/h2-6,8,12,23H,7H2,1H3/t12-/m0/s1. The molecule has 1 aromatic carbocycles. The van der Waals surface area contributed by atoms with Crippen LogP contribution in [0.1, 0.15) is 5.56 Å². The van der Waals surface area contributed by atoms with Crippen LogP contribution in [0.3, 0.4) is 0 Å². The number of fused-ring (bicyclic) bond motifs is 1. The highest BCUT2D eigenvalue weighted by Crippen LogP contribution is 2.21. The molecule has 0 aliphatic rings. The van der Waals surface area contributed by atoms with Crippen LogP contribution in [0.2, 0.25) is 0 Å². The van der Waals surface area contributed by atoms with Gasteiger partial charge in [-0.1, -0.05) is 17.7 Å². The molecule has 0 aliphatic heterocycles. The topological polar surface area (TPSA) is 72.9 Å². The fourth-order valence-electron chi connectivity index (χ4n) is 2.24. The highest BCUT2D eigenvalue weighted by molar-refractivity contribution is 5.74. The predicted octanol–water partition coefficient (Wildman–Crippen LogP) is 1.81. The Morgan fingerprint density at radius 1 is 1.25 bits per heavy atom. The van der Waals surface area contributed by atoms with Crippen molar-refractivity contribution >= 4 is 11.0 Å². The average Bonchev–Trinajstić information content (AvgIpc) is 2.94. The fraction of sp³-hybridized carbons (Fsp3) is 0.267. The van der Waals surface area contributed by atoms with Gasteiger partial charge in [-0.3, -0.25) is 9.36 Å². The zero-order valence-electron chi connectivity index (χ0n) is 12.5. The molecule has 3 aromatic rings. The molecule has 126 valence electrons. The van der Waals surface area contributed by atoms with E-state index in [0.29, 0.717) is 5.69 Å². The van der Waals surface area contributed by atoms with E-state index in [1.54, 1.807) is 12.1 Å². The van der Waals surface area contributed by atoms with E-state index in [0.717, 1.165) is 16.5 Å².